The zero-order valence-electron chi connectivity index (χ0n) is 13.9. The second kappa shape index (κ2) is 5.42. The number of aryl methyl sites for hydroxylation is 1. The molecule has 0 saturated carbocycles. The first-order chi connectivity index (χ1) is 12.3. The van der Waals surface area contributed by atoms with Crippen LogP contribution in [0.4, 0.5) is 0 Å². The quantitative estimate of drug-likeness (QED) is 0.535. The van der Waals surface area contributed by atoms with Crippen molar-refractivity contribution < 1.29 is 4.42 Å². The molecule has 4 aromatic rings. The molecule has 1 aliphatic carbocycles. The van der Waals surface area contributed by atoms with Gasteiger partial charge in [0.05, 0.1) is 11.2 Å². The second-order valence-electron chi connectivity index (χ2n) is 6.28. The first-order valence-electron chi connectivity index (χ1n) is 8.42. The lowest BCUT2D eigenvalue weighted by Crippen LogP contribution is -2.18. The summed E-state index contributed by atoms with van der Waals surface area (Å²) in [6.45, 7) is 1.94. The van der Waals surface area contributed by atoms with E-state index < -0.39 is 0 Å². The Hall–Kier alpha value is -3.20. The predicted octanol–water partition coefficient (Wildman–Crippen LogP) is 3.73. The van der Waals surface area contributed by atoms with Crippen LogP contribution in [0, 0.1) is 6.92 Å². The minimum atomic E-state index is 0.782. The average Bonchev–Trinajstić information content (AvgIpc) is 2.86. The summed E-state index contributed by atoms with van der Waals surface area (Å²) >= 11 is 0. The number of allylic oxidation sites excluding steroid dienone is 2. The third-order valence-corrected chi connectivity index (χ3v) is 4.64. The molecule has 0 radical (unpaired) electrons. The van der Waals surface area contributed by atoms with E-state index in [0.717, 1.165) is 50.4 Å². The zero-order valence-corrected chi connectivity index (χ0v) is 13.9. The summed E-state index contributed by atoms with van der Waals surface area (Å²) in [5, 5.41) is 3.38. The molecule has 0 saturated heterocycles. The summed E-state index contributed by atoms with van der Waals surface area (Å²) in [7, 11) is 0. The lowest BCUT2D eigenvalue weighted by atomic mass is 10.0. The molecular formula is C22H16N2O. The SMILES string of the molecule is Cc1nc(C2=CC=c3c(oc4ccccc34)=CC2)c2ccccc2n1. The number of benzene rings is 2. The summed E-state index contributed by atoms with van der Waals surface area (Å²) in [6, 6.07) is 16.3. The van der Waals surface area contributed by atoms with Gasteiger partial charge in [0.2, 0.25) is 0 Å². The first-order valence-corrected chi connectivity index (χ1v) is 8.42. The lowest BCUT2D eigenvalue weighted by molar-refractivity contribution is 0.574. The summed E-state index contributed by atoms with van der Waals surface area (Å²) in [4.78, 5) is 9.27. The van der Waals surface area contributed by atoms with Crippen molar-refractivity contribution in [1.29, 1.82) is 0 Å². The van der Waals surface area contributed by atoms with Gasteiger partial charge in [0.1, 0.15) is 16.8 Å². The minimum absolute atomic E-state index is 0.782. The van der Waals surface area contributed by atoms with Gasteiger partial charge in [0.15, 0.2) is 0 Å². The van der Waals surface area contributed by atoms with Gasteiger partial charge in [-0.1, -0.05) is 48.6 Å². The van der Waals surface area contributed by atoms with Gasteiger partial charge in [-0.15, -0.1) is 0 Å². The van der Waals surface area contributed by atoms with Crippen LogP contribution in [-0.2, 0) is 0 Å². The highest BCUT2D eigenvalue weighted by atomic mass is 16.3. The van der Waals surface area contributed by atoms with Crippen LogP contribution >= 0.6 is 0 Å². The molecule has 25 heavy (non-hydrogen) atoms. The highest BCUT2D eigenvalue weighted by Crippen LogP contribution is 2.26. The van der Waals surface area contributed by atoms with Gasteiger partial charge in [-0.3, -0.25) is 0 Å². The van der Waals surface area contributed by atoms with Crippen molar-refractivity contribution in [2.45, 2.75) is 13.3 Å². The van der Waals surface area contributed by atoms with Crippen molar-refractivity contribution in [2.75, 3.05) is 0 Å². The smallest absolute Gasteiger partial charge is 0.135 e. The lowest BCUT2D eigenvalue weighted by Gasteiger charge is -2.08. The molecule has 0 amide bonds. The van der Waals surface area contributed by atoms with Crippen LogP contribution in [0.2, 0.25) is 0 Å². The van der Waals surface area contributed by atoms with E-state index in [1.165, 1.54) is 5.57 Å². The molecule has 120 valence electrons. The van der Waals surface area contributed by atoms with E-state index in [-0.39, 0.29) is 0 Å². The molecule has 5 rings (SSSR count). The summed E-state index contributed by atoms with van der Waals surface area (Å²) in [5.41, 5.74) is 5.03. The van der Waals surface area contributed by atoms with Crippen LogP contribution < -0.4 is 10.6 Å². The van der Waals surface area contributed by atoms with Crippen molar-refractivity contribution in [3.05, 3.63) is 76.8 Å². The van der Waals surface area contributed by atoms with Crippen LogP contribution in [0.5, 0.6) is 0 Å². The molecular weight excluding hydrogens is 308 g/mol. The fourth-order valence-electron chi connectivity index (χ4n) is 3.48. The van der Waals surface area contributed by atoms with E-state index in [2.05, 4.69) is 35.3 Å². The Morgan fingerprint density at radius 1 is 0.880 bits per heavy atom. The Kier molecular flexibility index (Phi) is 3.07. The number of rotatable bonds is 1. The molecule has 0 fully saturated rings. The molecule has 0 bridgehead atoms. The van der Waals surface area contributed by atoms with E-state index in [1.807, 2.05) is 43.3 Å². The fraction of sp³-hybridized carbons (Fsp3) is 0.0909. The van der Waals surface area contributed by atoms with Gasteiger partial charge in [-0.25, -0.2) is 9.97 Å². The van der Waals surface area contributed by atoms with E-state index in [0.29, 0.717) is 0 Å². The molecule has 0 aliphatic heterocycles. The Balaban J connectivity index is 1.75. The third kappa shape index (κ3) is 2.28. The molecule has 0 N–H and O–H groups in total. The number of hydrogen-bond acceptors (Lipinski definition) is 3. The van der Waals surface area contributed by atoms with E-state index in [1.54, 1.807) is 0 Å². The van der Waals surface area contributed by atoms with Gasteiger partial charge in [0.25, 0.3) is 0 Å². The normalized spacial score (nSPS) is 13.7. The highest BCUT2D eigenvalue weighted by Gasteiger charge is 2.12. The standard InChI is InChI=1S/C22H16N2O/c1-14-23-19-8-4-2-7-18(19)22(24-14)15-10-12-17-16-6-3-5-9-20(16)25-21(17)13-11-15/h2-10,12-13H,11H2,1H3. The minimum Gasteiger partial charge on any atom is -0.456 e. The van der Waals surface area contributed by atoms with Crippen LogP contribution in [0.15, 0.2) is 59.0 Å². The molecule has 0 atom stereocenters. The number of aromatic nitrogens is 2. The van der Waals surface area contributed by atoms with Crippen molar-refractivity contribution in [3.63, 3.8) is 0 Å². The summed E-state index contributed by atoms with van der Waals surface area (Å²) in [5.74, 6) is 0.793. The summed E-state index contributed by atoms with van der Waals surface area (Å²) in [6.07, 6.45) is 7.24. The molecule has 3 nitrogen and oxygen atoms in total. The van der Waals surface area contributed by atoms with Crippen molar-refractivity contribution >= 4 is 39.6 Å². The largest absolute Gasteiger partial charge is 0.456 e. The van der Waals surface area contributed by atoms with Gasteiger partial charge in [-0.05, 0) is 37.1 Å². The Morgan fingerprint density at radius 2 is 1.68 bits per heavy atom. The second-order valence-corrected chi connectivity index (χ2v) is 6.28. The van der Waals surface area contributed by atoms with Crippen LogP contribution in [-0.4, -0.2) is 9.97 Å². The Morgan fingerprint density at radius 3 is 2.60 bits per heavy atom. The first kappa shape index (κ1) is 14.2. The van der Waals surface area contributed by atoms with E-state index in [9.17, 15) is 0 Å². The average molecular weight is 324 g/mol. The molecule has 0 spiro atoms. The molecule has 0 unspecified atom stereocenters. The van der Waals surface area contributed by atoms with Crippen molar-refractivity contribution in [3.8, 4) is 0 Å². The monoisotopic (exact) mass is 324 g/mol. The third-order valence-electron chi connectivity index (χ3n) is 4.64. The Labute approximate surface area is 144 Å². The van der Waals surface area contributed by atoms with Gasteiger partial charge < -0.3 is 4.42 Å². The highest BCUT2D eigenvalue weighted by molar-refractivity contribution is 5.92. The molecule has 2 heterocycles. The summed E-state index contributed by atoms with van der Waals surface area (Å²) < 4.78 is 6.01. The van der Waals surface area contributed by atoms with Crippen molar-refractivity contribution in [2.24, 2.45) is 0 Å². The maximum absolute atomic E-state index is 6.01. The zero-order chi connectivity index (χ0) is 16.8. The molecule has 2 aromatic heterocycles. The molecule has 3 heteroatoms. The van der Waals surface area contributed by atoms with E-state index >= 15 is 0 Å². The van der Waals surface area contributed by atoms with Crippen LogP contribution in [0.3, 0.4) is 0 Å². The van der Waals surface area contributed by atoms with Gasteiger partial charge in [-0.2, -0.15) is 0 Å². The number of fused-ring (bicyclic) bond motifs is 4. The molecule has 2 aromatic carbocycles. The fourth-order valence-corrected chi connectivity index (χ4v) is 3.48. The molecule has 1 aliphatic rings. The number of hydrogen-bond donors (Lipinski definition) is 0. The van der Waals surface area contributed by atoms with Gasteiger partial charge in [0, 0.05) is 16.0 Å². The predicted molar refractivity (Wildman–Crippen MR) is 101 cm³/mol. The van der Waals surface area contributed by atoms with Crippen LogP contribution in [0.25, 0.3) is 39.6 Å². The van der Waals surface area contributed by atoms with Crippen LogP contribution in [0.1, 0.15) is 17.9 Å². The Bertz CT molecular complexity index is 1280. The maximum atomic E-state index is 6.01. The number of para-hydroxylation sites is 2. The van der Waals surface area contributed by atoms with E-state index in [4.69, 9.17) is 9.40 Å². The van der Waals surface area contributed by atoms with Crippen molar-refractivity contribution in [1.82, 2.24) is 9.97 Å². The topological polar surface area (TPSA) is 38.9 Å². The van der Waals surface area contributed by atoms with Gasteiger partial charge >= 0.3 is 0 Å². The maximum Gasteiger partial charge on any atom is 0.135 e. The number of nitrogens with zero attached hydrogens (tertiary/aromatic N) is 2. The number of furan rings is 1.